The maximum atomic E-state index is 13.3. The lowest BCUT2D eigenvalue weighted by Crippen LogP contribution is -2.02. The van der Waals surface area contributed by atoms with Crippen LogP contribution in [0, 0.1) is 5.82 Å². The zero-order valence-electron chi connectivity index (χ0n) is 8.20. The predicted octanol–water partition coefficient (Wildman–Crippen LogP) is 1.46. The van der Waals surface area contributed by atoms with E-state index in [2.05, 4.69) is 9.72 Å². The van der Waals surface area contributed by atoms with Gasteiger partial charge in [0.1, 0.15) is 0 Å². The number of pyridine rings is 1. The molecule has 1 aromatic heterocycles. The van der Waals surface area contributed by atoms with Crippen LogP contribution in [-0.2, 0) is 9.53 Å². The van der Waals surface area contributed by atoms with Gasteiger partial charge in [0.15, 0.2) is 11.6 Å². The number of carbonyl (C=O) groups excluding carboxylic acids is 1. The Balaban J connectivity index is 2.51. The molecular formula is C9H11FN2O2S. The minimum Gasteiger partial charge on any atom is -0.469 e. The number of nitrogens with zero attached hydrogens (tertiary/aromatic N) is 1. The van der Waals surface area contributed by atoms with Gasteiger partial charge in [-0.2, -0.15) is 0 Å². The number of methoxy groups -OCH3 is 1. The minimum absolute atomic E-state index is 0.127. The number of ether oxygens (including phenoxy) is 1. The summed E-state index contributed by atoms with van der Waals surface area (Å²) in [5.74, 6) is -0.525. The highest BCUT2D eigenvalue weighted by atomic mass is 32.2. The van der Waals surface area contributed by atoms with E-state index >= 15 is 0 Å². The van der Waals surface area contributed by atoms with Crippen LogP contribution in [0.2, 0.25) is 0 Å². The summed E-state index contributed by atoms with van der Waals surface area (Å²) in [6.07, 6.45) is 1.67. The fourth-order valence-corrected chi connectivity index (χ4v) is 1.78. The summed E-state index contributed by atoms with van der Waals surface area (Å²) in [7, 11) is 1.32. The first-order valence-electron chi connectivity index (χ1n) is 4.24. The Kier molecular flexibility index (Phi) is 4.36. The second-order valence-corrected chi connectivity index (χ2v) is 3.82. The predicted molar refractivity (Wildman–Crippen MR) is 56.0 cm³/mol. The van der Waals surface area contributed by atoms with Crippen LogP contribution in [0.1, 0.15) is 6.42 Å². The third-order valence-electron chi connectivity index (χ3n) is 1.67. The largest absolute Gasteiger partial charge is 0.469 e. The molecule has 0 aliphatic rings. The van der Waals surface area contributed by atoms with E-state index in [0.29, 0.717) is 10.6 Å². The minimum atomic E-state index is -0.535. The van der Waals surface area contributed by atoms with Gasteiger partial charge in [0.25, 0.3) is 0 Å². The van der Waals surface area contributed by atoms with Crippen molar-refractivity contribution in [1.82, 2.24) is 4.98 Å². The quantitative estimate of drug-likeness (QED) is 0.626. The van der Waals surface area contributed by atoms with Crippen molar-refractivity contribution in [2.75, 3.05) is 18.6 Å². The molecule has 0 aromatic carbocycles. The van der Waals surface area contributed by atoms with Gasteiger partial charge < -0.3 is 10.5 Å². The molecule has 6 heteroatoms. The van der Waals surface area contributed by atoms with Crippen molar-refractivity contribution in [3.05, 3.63) is 18.1 Å². The molecule has 1 aromatic rings. The van der Waals surface area contributed by atoms with E-state index in [0.717, 1.165) is 0 Å². The van der Waals surface area contributed by atoms with Gasteiger partial charge in [0, 0.05) is 16.8 Å². The maximum Gasteiger partial charge on any atom is 0.306 e. The number of aromatic nitrogens is 1. The number of thioether (sulfide) groups is 1. The zero-order valence-corrected chi connectivity index (χ0v) is 9.01. The van der Waals surface area contributed by atoms with E-state index in [4.69, 9.17) is 5.73 Å². The second-order valence-electron chi connectivity index (χ2n) is 2.68. The highest BCUT2D eigenvalue weighted by Crippen LogP contribution is 2.24. The fourth-order valence-electron chi connectivity index (χ4n) is 0.899. The number of nitrogen functional groups attached to an aromatic ring is 1. The molecule has 0 bridgehead atoms. The lowest BCUT2D eigenvalue weighted by Gasteiger charge is -2.03. The van der Waals surface area contributed by atoms with Crippen LogP contribution in [0.3, 0.4) is 0 Å². The molecule has 0 spiro atoms. The molecule has 2 N–H and O–H groups in total. The van der Waals surface area contributed by atoms with Gasteiger partial charge >= 0.3 is 5.97 Å². The Morgan fingerprint density at radius 3 is 3.13 bits per heavy atom. The lowest BCUT2D eigenvalue weighted by atomic mass is 10.4. The molecule has 0 saturated carbocycles. The van der Waals surface area contributed by atoms with E-state index < -0.39 is 5.82 Å². The fraction of sp³-hybridized carbons (Fsp3) is 0.333. The normalized spacial score (nSPS) is 10.0. The van der Waals surface area contributed by atoms with Gasteiger partial charge in [-0.1, -0.05) is 0 Å². The molecule has 0 atom stereocenters. The Bertz CT molecular complexity index is 360. The van der Waals surface area contributed by atoms with E-state index in [1.165, 1.54) is 31.1 Å². The summed E-state index contributed by atoms with van der Waals surface area (Å²) in [6, 6.07) is 1.52. The van der Waals surface area contributed by atoms with E-state index in [9.17, 15) is 9.18 Å². The monoisotopic (exact) mass is 230 g/mol. The van der Waals surface area contributed by atoms with Crippen molar-refractivity contribution in [1.29, 1.82) is 0 Å². The molecule has 0 aliphatic heterocycles. The molecule has 1 heterocycles. The second kappa shape index (κ2) is 5.55. The van der Waals surface area contributed by atoms with Gasteiger partial charge in [0.2, 0.25) is 0 Å². The van der Waals surface area contributed by atoms with Crippen LogP contribution in [-0.4, -0.2) is 23.8 Å². The smallest absolute Gasteiger partial charge is 0.306 e. The first kappa shape index (κ1) is 11.8. The van der Waals surface area contributed by atoms with E-state index in [-0.39, 0.29) is 18.2 Å². The number of anilines is 1. The number of nitrogens with two attached hydrogens (primary N) is 1. The van der Waals surface area contributed by atoms with Gasteiger partial charge in [-0.05, 0) is 6.07 Å². The maximum absolute atomic E-state index is 13.3. The molecule has 0 radical (unpaired) electrons. The van der Waals surface area contributed by atoms with Crippen LogP contribution in [0.25, 0.3) is 0 Å². The third kappa shape index (κ3) is 3.39. The molecule has 0 amide bonds. The molecule has 0 aliphatic carbocycles. The highest BCUT2D eigenvalue weighted by molar-refractivity contribution is 7.99. The molecule has 1 rings (SSSR count). The summed E-state index contributed by atoms with van der Waals surface area (Å²) in [5.41, 5.74) is 5.29. The Hall–Kier alpha value is -1.30. The Morgan fingerprint density at radius 2 is 2.47 bits per heavy atom. The molecule has 0 fully saturated rings. The molecule has 15 heavy (non-hydrogen) atoms. The van der Waals surface area contributed by atoms with Crippen molar-refractivity contribution in [3.8, 4) is 0 Å². The van der Waals surface area contributed by atoms with Crippen molar-refractivity contribution in [2.45, 2.75) is 11.3 Å². The van der Waals surface area contributed by atoms with E-state index in [1.54, 1.807) is 0 Å². The summed E-state index contributed by atoms with van der Waals surface area (Å²) in [6.45, 7) is 0. The number of hydrogen-bond donors (Lipinski definition) is 1. The number of esters is 1. The van der Waals surface area contributed by atoms with E-state index in [1.807, 2.05) is 0 Å². The average Bonchev–Trinajstić information content (AvgIpc) is 2.24. The molecule has 0 saturated heterocycles. The lowest BCUT2D eigenvalue weighted by molar-refractivity contribution is -0.140. The van der Waals surface area contributed by atoms with Crippen LogP contribution in [0.15, 0.2) is 17.2 Å². The van der Waals surface area contributed by atoms with Gasteiger partial charge in [0.05, 0.1) is 13.5 Å². The Morgan fingerprint density at radius 1 is 1.73 bits per heavy atom. The van der Waals surface area contributed by atoms with Crippen LogP contribution in [0.5, 0.6) is 0 Å². The summed E-state index contributed by atoms with van der Waals surface area (Å²) in [5, 5.41) is 0. The van der Waals surface area contributed by atoms with Crippen molar-refractivity contribution < 1.29 is 13.9 Å². The van der Waals surface area contributed by atoms with Gasteiger partial charge in [-0.3, -0.25) is 4.79 Å². The average molecular weight is 230 g/mol. The first-order chi connectivity index (χ1) is 7.15. The van der Waals surface area contributed by atoms with Gasteiger partial charge in [-0.15, -0.1) is 11.8 Å². The van der Waals surface area contributed by atoms with Crippen molar-refractivity contribution in [3.63, 3.8) is 0 Å². The van der Waals surface area contributed by atoms with Crippen LogP contribution in [0.4, 0.5) is 10.2 Å². The third-order valence-corrected chi connectivity index (χ3v) is 2.71. The summed E-state index contributed by atoms with van der Waals surface area (Å²) < 4.78 is 17.7. The van der Waals surface area contributed by atoms with Crippen molar-refractivity contribution in [2.24, 2.45) is 0 Å². The SMILES string of the molecule is COC(=O)CCSc1ccnc(N)c1F. The van der Waals surface area contributed by atoms with Crippen LogP contribution >= 0.6 is 11.8 Å². The summed E-state index contributed by atoms with van der Waals surface area (Å²) in [4.78, 5) is 14.8. The number of hydrogen-bond acceptors (Lipinski definition) is 5. The zero-order chi connectivity index (χ0) is 11.3. The summed E-state index contributed by atoms with van der Waals surface area (Å²) >= 11 is 1.21. The van der Waals surface area contributed by atoms with Gasteiger partial charge in [-0.25, -0.2) is 9.37 Å². The number of carbonyl (C=O) groups is 1. The molecular weight excluding hydrogens is 219 g/mol. The van der Waals surface area contributed by atoms with Crippen molar-refractivity contribution >= 4 is 23.5 Å². The molecule has 0 unspecified atom stereocenters. The Labute approximate surface area is 91.0 Å². The topological polar surface area (TPSA) is 65.2 Å². The number of rotatable bonds is 4. The number of halogens is 1. The molecule has 82 valence electrons. The first-order valence-corrected chi connectivity index (χ1v) is 5.23. The standard InChI is InChI=1S/C9H11FN2O2S/c1-14-7(13)3-5-15-6-2-4-12-9(11)8(6)10/h2,4H,3,5H2,1H3,(H2,11,12). The van der Waals surface area contributed by atoms with Crippen LogP contribution < -0.4 is 5.73 Å². The molecule has 4 nitrogen and oxygen atoms in total. The highest BCUT2D eigenvalue weighted by Gasteiger charge is 2.08.